The zero-order valence-electron chi connectivity index (χ0n) is 17.7. The molecule has 0 saturated carbocycles. The summed E-state index contributed by atoms with van der Waals surface area (Å²) in [5.41, 5.74) is 3.10. The van der Waals surface area contributed by atoms with Crippen LogP contribution in [0.15, 0.2) is 65.5 Å². The van der Waals surface area contributed by atoms with Crippen LogP contribution >= 0.6 is 33.9 Å². The van der Waals surface area contributed by atoms with Crippen LogP contribution in [-0.4, -0.2) is 21.4 Å². The lowest BCUT2D eigenvalue weighted by Gasteiger charge is -2.13. The maximum Gasteiger partial charge on any atom is 0.274 e. The molecule has 0 aliphatic heterocycles. The highest BCUT2D eigenvalue weighted by Crippen LogP contribution is 2.35. The Labute approximate surface area is 210 Å². The zero-order chi connectivity index (χ0) is 23.8. The molecule has 0 atom stereocenters. The predicted molar refractivity (Wildman–Crippen MR) is 139 cm³/mol. The zero-order valence-corrected chi connectivity index (χ0v) is 20.7. The number of hydrogen-bond donors (Lipinski definition) is 0. The van der Waals surface area contributed by atoms with E-state index in [1.54, 1.807) is 23.6 Å². The Morgan fingerprint density at radius 3 is 2.68 bits per heavy atom. The largest absolute Gasteiger partial charge is 0.493 e. The third-order valence-corrected chi connectivity index (χ3v) is 7.00. The summed E-state index contributed by atoms with van der Waals surface area (Å²) in [7, 11) is 1.55. The number of para-hydroxylation sites is 2. The molecule has 0 N–H and O–H groups in total. The Morgan fingerprint density at radius 1 is 1.18 bits per heavy atom. The van der Waals surface area contributed by atoms with Crippen LogP contribution in [0.4, 0.5) is 5.69 Å². The Balaban J connectivity index is 1.46. The lowest BCUT2D eigenvalue weighted by atomic mass is 10.2. The van der Waals surface area contributed by atoms with Crippen LogP contribution in [0.25, 0.3) is 22.1 Å². The van der Waals surface area contributed by atoms with Gasteiger partial charge in [-0.15, -0.1) is 0 Å². The number of halogens is 1. The molecule has 0 radical (unpaired) electrons. The summed E-state index contributed by atoms with van der Waals surface area (Å²) in [4.78, 5) is 28.6. The number of nitrogens with zero attached hydrogens (tertiary/aromatic N) is 3. The first-order valence-electron chi connectivity index (χ1n) is 10.1. The molecule has 0 amide bonds. The lowest BCUT2D eigenvalue weighted by Crippen LogP contribution is -2.22. The van der Waals surface area contributed by atoms with Gasteiger partial charge in [-0.25, -0.2) is 9.38 Å². The second kappa shape index (κ2) is 9.03. The predicted octanol–water partition coefficient (Wildman–Crippen LogP) is 4.56. The van der Waals surface area contributed by atoms with Crippen LogP contribution in [0.1, 0.15) is 11.1 Å². The number of aromatic nitrogens is 2. The standard InChI is InChI=1S/C24H16IN3O5S/c1-32-20-11-15(10-17(25)22(20)33-13-14-6-8-16(9-7-14)28(30)31)12-21-23(29)27-19-5-3-2-4-18(19)26-24(27)34-21/h2-12H,13H2,1H3/b21-12-. The fraction of sp³-hybridized carbons (Fsp3) is 0.0833. The van der Waals surface area contributed by atoms with E-state index in [1.165, 1.54) is 23.5 Å². The van der Waals surface area contributed by atoms with E-state index >= 15 is 0 Å². The average molecular weight is 585 g/mol. The van der Waals surface area contributed by atoms with Gasteiger partial charge < -0.3 is 9.47 Å². The van der Waals surface area contributed by atoms with Crippen molar-refractivity contribution >= 4 is 61.7 Å². The van der Waals surface area contributed by atoms with Crippen molar-refractivity contribution in [3.8, 4) is 11.5 Å². The molecular weight excluding hydrogens is 569 g/mol. The van der Waals surface area contributed by atoms with Gasteiger partial charge in [0.05, 0.1) is 31.2 Å². The summed E-state index contributed by atoms with van der Waals surface area (Å²) in [5.74, 6) is 1.09. The maximum atomic E-state index is 13.0. The summed E-state index contributed by atoms with van der Waals surface area (Å²) in [5, 5.41) is 10.8. The molecule has 5 aromatic rings. The summed E-state index contributed by atoms with van der Waals surface area (Å²) in [6.45, 7) is 0.229. The molecule has 0 aliphatic carbocycles. The Hall–Kier alpha value is -3.51. The van der Waals surface area contributed by atoms with Gasteiger partial charge in [-0.05, 0) is 76.2 Å². The van der Waals surface area contributed by atoms with Crippen LogP contribution in [0.2, 0.25) is 0 Å². The van der Waals surface area contributed by atoms with Gasteiger partial charge in [0, 0.05) is 12.1 Å². The minimum Gasteiger partial charge on any atom is -0.493 e. The number of hydrogen-bond acceptors (Lipinski definition) is 7. The Bertz CT molecular complexity index is 1660. The van der Waals surface area contributed by atoms with Crippen molar-refractivity contribution in [2.24, 2.45) is 0 Å². The topological polar surface area (TPSA) is 96.0 Å². The summed E-state index contributed by atoms with van der Waals surface area (Å²) in [6, 6.07) is 17.5. The van der Waals surface area contributed by atoms with Crippen molar-refractivity contribution in [1.82, 2.24) is 9.38 Å². The number of fused-ring (bicyclic) bond motifs is 3. The van der Waals surface area contributed by atoms with E-state index in [0.717, 1.165) is 25.7 Å². The average Bonchev–Trinajstić information content (AvgIpc) is 3.34. The van der Waals surface area contributed by atoms with Crippen LogP contribution in [-0.2, 0) is 6.61 Å². The van der Waals surface area contributed by atoms with Crippen molar-refractivity contribution in [1.29, 1.82) is 0 Å². The first-order chi connectivity index (χ1) is 16.4. The van der Waals surface area contributed by atoms with Gasteiger partial charge in [0.15, 0.2) is 16.5 Å². The number of nitro benzene ring substituents is 1. The lowest BCUT2D eigenvalue weighted by molar-refractivity contribution is -0.384. The molecule has 8 nitrogen and oxygen atoms in total. The van der Waals surface area contributed by atoms with Gasteiger partial charge in [0.2, 0.25) is 0 Å². The SMILES string of the molecule is COc1cc(/C=c2\sc3nc4ccccc4n3c2=O)cc(I)c1OCc1ccc([N+](=O)[O-])cc1. The fourth-order valence-electron chi connectivity index (χ4n) is 3.60. The maximum absolute atomic E-state index is 13.0. The molecular formula is C24H16IN3O5S. The van der Waals surface area contributed by atoms with E-state index in [4.69, 9.17) is 9.47 Å². The number of nitro groups is 1. The van der Waals surface area contributed by atoms with Gasteiger partial charge in [-0.2, -0.15) is 0 Å². The number of benzene rings is 3. The van der Waals surface area contributed by atoms with Gasteiger partial charge in [0.1, 0.15) is 6.61 Å². The smallest absolute Gasteiger partial charge is 0.274 e. The van der Waals surface area contributed by atoms with E-state index in [2.05, 4.69) is 27.6 Å². The molecule has 0 bridgehead atoms. The number of methoxy groups -OCH3 is 1. The highest BCUT2D eigenvalue weighted by Gasteiger charge is 2.14. The molecule has 2 aromatic heterocycles. The molecule has 34 heavy (non-hydrogen) atoms. The minimum absolute atomic E-state index is 0.0301. The molecule has 0 fully saturated rings. The van der Waals surface area contributed by atoms with Gasteiger partial charge in [0.25, 0.3) is 11.2 Å². The summed E-state index contributed by atoms with van der Waals surface area (Å²) < 4.78 is 14.5. The van der Waals surface area contributed by atoms with E-state index < -0.39 is 4.92 Å². The van der Waals surface area contributed by atoms with Crippen LogP contribution in [0.3, 0.4) is 0 Å². The highest BCUT2D eigenvalue weighted by atomic mass is 127. The number of non-ortho nitro benzene ring substituents is 1. The van der Waals surface area contributed by atoms with Crippen molar-refractivity contribution < 1.29 is 14.4 Å². The third-order valence-electron chi connectivity index (χ3n) is 5.23. The number of rotatable bonds is 6. The van der Waals surface area contributed by atoms with Crippen molar-refractivity contribution in [2.45, 2.75) is 6.61 Å². The molecule has 0 spiro atoms. The van der Waals surface area contributed by atoms with Gasteiger partial charge in [-0.3, -0.25) is 14.9 Å². The van der Waals surface area contributed by atoms with E-state index in [-0.39, 0.29) is 17.9 Å². The molecule has 0 unspecified atom stereocenters. The number of thiazole rings is 1. The number of imidazole rings is 1. The molecule has 0 saturated heterocycles. The molecule has 170 valence electrons. The third kappa shape index (κ3) is 4.10. The van der Waals surface area contributed by atoms with E-state index in [1.807, 2.05) is 42.5 Å². The first kappa shape index (κ1) is 22.3. The highest BCUT2D eigenvalue weighted by molar-refractivity contribution is 14.1. The Kier molecular flexibility index (Phi) is 5.92. The normalized spacial score (nSPS) is 11.9. The van der Waals surface area contributed by atoms with Crippen molar-refractivity contribution in [3.05, 3.63) is 100 Å². The van der Waals surface area contributed by atoms with Gasteiger partial charge >= 0.3 is 0 Å². The monoisotopic (exact) mass is 585 g/mol. The Morgan fingerprint density at radius 2 is 1.94 bits per heavy atom. The minimum atomic E-state index is -0.438. The number of ether oxygens (including phenoxy) is 2. The second-order valence-electron chi connectivity index (χ2n) is 7.38. The van der Waals surface area contributed by atoms with Crippen molar-refractivity contribution in [3.63, 3.8) is 0 Å². The fourth-order valence-corrected chi connectivity index (χ4v) is 5.36. The molecule has 10 heteroatoms. The van der Waals surface area contributed by atoms with Crippen molar-refractivity contribution in [2.75, 3.05) is 7.11 Å². The summed E-state index contributed by atoms with van der Waals surface area (Å²) >= 11 is 3.50. The van der Waals surface area contributed by atoms with E-state index in [0.29, 0.717) is 21.0 Å². The molecule has 3 aromatic carbocycles. The van der Waals surface area contributed by atoms with E-state index in [9.17, 15) is 14.9 Å². The quantitative estimate of drug-likeness (QED) is 0.165. The van der Waals surface area contributed by atoms with Gasteiger partial charge in [-0.1, -0.05) is 23.5 Å². The first-order valence-corrected chi connectivity index (χ1v) is 12.0. The van der Waals surface area contributed by atoms with Crippen LogP contribution in [0.5, 0.6) is 11.5 Å². The summed E-state index contributed by atoms with van der Waals surface area (Å²) in [6.07, 6.45) is 1.82. The van der Waals surface area contributed by atoms with Crippen LogP contribution < -0.4 is 19.6 Å². The molecule has 2 heterocycles. The molecule has 0 aliphatic rings. The van der Waals surface area contributed by atoms with Crippen LogP contribution in [0, 0.1) is 13.7 Å². The molecule has 5 rings (SSSR count). The second-order valence-corrected chi connectivity index (χ2v) is 9.55.